The summed E-state index contributed by atoms with van der Waals surface area (Å²) >= 11 is 0. The third kappa shape index (κ3) is 1.99. The number of anilines is 1. The monoisotopic (exact) mass is 253 g/mol. The molecule has 0 amide bonds. The maximum Gasteiger partial charge on any atom is 0.215 e. The number of hydrogen-bond donors (Lipinski definition) is 1. The quantitative estimate of drug-likeness (QED) is 0.729. The van der Waals surface area contributed by atoms with Crippen molar-refractivity contribution in [3.63, 3.8) is 0 Å². The Morgan fingerprint density at radius 3 is 2.79 bits per heavy atom. The molecule has 0 atom stereocenters. The van der Waals surface area contributed by atoms with Crippen molar-refractivity contribution >= 4 is 5.69 Å². The lowest BCUT2D eigenvalue weighted by Crippen LogP contribution is -2.06. The van der Waals surface area contributed by atoms with Gasteiger partial charge < -0.3 is 10.3 Å². The molecule has 2 heterocycles. The summed E-state index contributed by atoms with van der Waals surface area (Å²) < 4.78 is 4.04. The SMILES string of the molecule is CCn1ccnc1-n1ccnc1-c1cccc(N)c1. The number of nitrogens with zero attached hydrogens (tertiary/aromatic N) is 4. The molecule has 3 rings (SSSR count). The smallest absolute Gasteiger partial charge is 0.215 e. The largest absolute Gasteiger partial charge is 0.399 e. The number of aryl methyl sites for hydroxylation is 1. The molecule has 5 nitrogen and oxygen atoms in total. The van der Waals surface area contributed by atoms with Gasteiger partial charge in [-0.2, -0.15) is 0 Å². The van der Waals surface area contributed by atoms with Crippen molar-refractivity contribution in [1.29, 1.82) is 0 Å². The van der Waals surface area contributed by atoms with Crippen LogP contribution in [0.1, 0.15) is 6.92 Å². The standard InChI is InChI=1S/C14H15N5/c1-2-18-8-6-17-14(18)19-9-7-16-13(19)11-4-3-5-12(15)10-11/h3-10H,2,15H2,1H3. The molecular weight excluding hydrogens is 238 g/mol. The molecule has 0 aliphatic heterocycles. The number of imidazole rings is 2. The molecular formula is C14H15N5. The van der Waals surface area contributed by atoms with Crippen LogP contribution in [0.3, 0.4) is 0 Å². The molecule has 3 aromatic rings. The molecule has 0 saturated carbocycles. The van der Waals surface area contributed by atoms with Crippen LogP contribution in [0.4, 0.5) is 5.69 Å². The minimum absolute atomic E-state index is 0.728. The second-order valence-electron chi connectivity index (χ2n) is 4.26. The lowest BCUT2D eigenvalue weighted by Gasteiger charge is -2.09. The number of aromatic nitrogens is 4. The highest BCUT2D eigenvalue weighted by atomic mass is 15.3. The van der Waals surface area contributed by atoms with E-state index < -0.39 is 0 Å². The van der Waals surface area contributed by atoms with Gasteiger partial charge in [0.1, 0.15) is 5.82 Å². The van der Waals surface area contributed by atoms with E-state index >= 15 is 0 Å². The second-order valence-corrected chi connectivity index (χ2v) is 4.26. The predicted molar refractivity (Wildman–Crippen MR) is 74.9 cm³/mol. The summed E-state index contributed by atoms with van der Waals surface area (Å²) in [5.41, 5.74) is 7.54. The van der Waals surface area contributed by atoms with E-state index in [0.29, 0.717) is 0 Å². The van der Waals surface area contributed by atoms with Gasteiger partial charge in [0.15, 0.2) is 0 Å². The van der Waals surface area contributed by atoms with Gasteiger partial charge in [-0.05, 0) is 19.1 Å². The molecule has 0 fully saturated rings. The van der Waals surface area contributed by atoms with E-state index in [4.69, 9.17) is 5.73 Å². The molecule has 2 aromatic heterocycles. The summed E-state index contributed by atoms with van der Waals surface area (Å²) in [4.78, 5) is 8.81. The van der Waals surface area contributed by atoms with Gasteiger partial charge >= 0.3 is 0 Å². The molecule has 19 heavy (non-hydrogen) atoms. The first-order chi connectivity index (χ1) is 9.29. The molecule has 0 spiro atoms. The van der Waals surface area contributed by atoms with Crippen molar-refractivity contribution in [3.8, 4) is 17.3 Å². The highest BCUT2D eigenvalue weighted by Gasteiger charge is 2.11. The fourth-order valence-corrected chi connectivity index (χ4v) is 2.12. The van der Waals surface area contributed by atoms with Gasteiger partial charge in [-0.15, -0.1) is 0 Å². The minimum Gasteiger partial charge on any atom is -0.399 e. The van der Waals surface area contributed by atoms with Gasteiger partial charge in [0, 0.05) is 42.6 Å². The van der Waals surface area contributed by atoms with Crippen LogP contribution < -0.4 is 5.73 Å². The Morgan fingerprint density at radius 1 is 1.16 bits per heavy atom. The van der Waals surface area contributed by atoms with Crippen molar-refractivity contribution in [2.75, 3.05) is 5.73 Å². The Kier molecular flexibility index (Phi) is 2.79. The maximum atomic E-state index is 5.83. The molecule has 0 bridgehead atoms. The topological polar surface area (TPSA) is 61.7 Å². The van der Waals surface area contributed by atoms with E-state index in [-0.39, 0.29) is 0 Å². The average molecular weight is 253 g/mol. The van der Waals surface area contributed by atoms with Crippen LogP contribution in [0.5, 0.6) is 0 Å². The van der Waals surface area contributed by atoms with Gasteiger partial charge in [-0.1, -0.05) is 12.1 Å². The number of nitrogens with two attached hydrogens (primary N) is 1. The lowest BCUT2D eigenvalue weighted by atomic mass is 10.2. The molecule has 0 unspecified atom stereocenters. The van der Waals surface area contributed by atoms with Crippen molar-refractivity contribution in [1.82, 2.24) is 19.1 Å². The van der Waals surface area contributed by atoms with E-state index in [9.17, 15) is 0 Å². The number of hydrogen-bond acceptors (Lipinski definition) is 3. The normalized spacial score (nSPS) is 10.8. The average Bonchev–Trinajstić information content (AvgIpc) is 3.06. The third-order valence-electron chi connectivity index (χ3n) is 3.04. The molecule has 0 radical (unpaired) electrons. The highest BCUT2D eigenvalue weighted by Crippen LogP contribution is 2.22. The van der Waals surface area contributed by atoms with Crippen molar-refractivity contribution < 1.29 is 0 Å². The lowest BCUT2D eigenvalue weighted by molar-refractivity contribution is 0.721. The van der Waals surface area contributed by atoms with E-state index in [2.05, 4.69) is 21.5 Å². The summed E-state index contributed by atoms with van der Waals surface area (Å²) in [5, 5.41) is 0. The molecule has 0 aliphatic rings. The Hall–Kier alpha value is -2.56. The Morgan fingerprint density at radius 2 is 2.00 bits per heavy atom. The van der Waals surface area contributed by atoms with E-state index in [1.54, 1.807) is 12.4 Å². The fourth-order valence-electron chi connectivity index (χ4n) is 2.12. The van der Waals surface area contributed by atoms with Crippen LogP contribution in [0.25, 0.3) is 17.3 Å². The Bertz CT molecular complexity index is 695. The van der Waals surface area contributed by atoms with Gasteiger partial charge in [-0.25, -0.2) is 9.97 Å². The van der Waals surface area contributed by atoms with Crippen LogP contribution in [0.15, 0.2) is 49.1 Å². The van der Waals surface area contributed by atoms with Crippen LogP contribution in [-0.4, -0.2) is 19.1 Å². The van der Waals surface area contributed by atoms with Crippen molar-refractivity contribution in [3.05, 3.63) is 49.1 Å². The Balaban J connectivity index is 2.13. The Labute approximate surface area is 111 Å². The molecule has 1 aromatic carbocycles. The van der Waals surface area contributed by atoms with Crippen LogP contribution in [0.2, 0.25) is 0 Å². The van der Waals surface area contributed by atoms with Crippen LogP contribution >= 0.6 is 0 Å². The highest BCUT2D eigenvalue weighted by molar-refractivity contribution is 5.62. The zero-order valence-electron chi connectivity index (χ0n) is 10.7. The van der Waals surface area contributed by atoms with Gasteiger partial charge in [0.2, 0.25) is 5.95 Å². The van der Waals surface area contributed by atoms with Gasteiger partial charge in [0.25, 0.3) is 0 Å². The zero-order chi connectivity index (χ0) is 13.2. The molecule has 0 aliphatic carbocycles. The number of benzene rings is 1. The maximum absolute atomic E-state index is 5.83. The van der Waals surface area contributed by atoms with E-state index in [1.165, 1.54) is 0 Å². The van der Waals surface area contributed by atoms with Gasteiger partial charge in [-0.3, -0.25) is 4.57 Å². The number of rotatable bonds is 3. The van der Waals surface area contributed by atoms with Crippen molar-refractivity contribution in [2.45, 2.75) is 13.5 Å². The zero-order valence-corrected chi connectivity index (χ0v) is 10.7. The molecule has 0 saturated heterocycles. The second kappa shape index (κ2) is 4.61. The van der Waals surface area contributed by atoms with Crippen LogP contribution in [0, 0.1) is 0 Å². The van der Waals surface area contributed by atoms with Crippen LogP contribution in [-0.2, 0) is 6.54 Å². The minimum atomic E-state index is 0.728. The summed E-state index contributed by atoms with van der Waals surface area (Å²) in [6.45, 7) is 2.95. The molecule has 96 valence electrons. The fraction of sp³-hybridized carbons (Fsp3) is 0.143. The summed E-state index contributed by atoms with van der Waals surface area (Å²) in [7, 11) is 0. The van der Waals surface area contributed by atoms with E-state index in [0.717, 1.165) is 29.6 Å². The predicted octanol–water partition coefficient (Wildman–Crippen LogP) is 2.34. The first kappa shape index (κ1) is 11.5. The first-order valence-corrected chi connectivity index (χ1v) is 6.20. The summed E-state index contributed by atoms with van der Waals surface area (Å²) in [6.07, 6.45) is 7.43. The molecule has 5 heteroatoms. The third-order valence-corrected chi connectivity index (χ3v) is 3.04. The number of nitrogen functional groups attached to an aromatic ring is 1. The van der Waals surface area contributed by atoms with E-state index in [1.807, 2.05) is 41.2 Å². The molecule has 2 N–H and O–H groups in total. The van der Waals surface area contributed by atoms with Gasteiger partial charge in [0.05, 0.1) is 0 Å². The first-order valence-electron chi connectivity index (χ1n) is 6.20. The van der Waals surface area contributed by atoms with Crippen molar-refractivity contribution in [2.24, 2.45) is 0 Å². The summed E-state index contributed by atoms with van der Waals surface area (Å²) in [5.74, 6) is 1.70. The summed E-state index contributed by atoms with van der Waals surface area (Å²) in [6, 6.07) is 7.70.